The third-order valence-corrected chi connectivity index (χ3v) is 4.39. The third-order valence-electron chi connectivity index (χ3n) is 2.82. The van der Waals surface area contributed by atoms with Gasteiger partial charge in [-0.2, -0.15) is 0 Å². The molecule has 0 saturated heterocycles. The molecule has 1 aromatic carbocycles. The Balaban J connectivity index is 2.42. The summed E-state index contributed by atoms with van der Waals surface area (Å²) >= 11 is 7.32. The lowest BCUT2D eigenvalue weighted by molar-refractivity contribution is 0.575. The fourth-order valence-electron chi connectivity index (χ4n) is 1.67. The summed E-state index contributed by atoms with van der Waals surface area (Å²) in [7, 11) is 1.85. The van der Waals surface area contributed by atoms with Gasteiger partial charge in [-0.15, -0.1) is 0 Å². The molecule has 0 fully saturated rings. The van der Waals surface area contributed by atoms with Crippen molar-refractivity contribution in [3.63, 3.8) is 0 Å². The Labute approximate surface area is 121 Å². The van der Waals surface area contributed by atoms with Crippen molar-refractivity contribution in [2.24, 2.45) is 0 Å². The van der Waals surface area contributed by atoms with Gasteiger partial charge in [-0.25, -0.2) is 9.37 Å². The summed E-state index contributed by atoms with van der Waals surface area (Å²) in [5, 5.41) is 4.25. The van der Waals surface area contributed by atoms with E-state index in [1.807, 2.05) is 20.0 Å². The van der Waals surface area contributed by atoms with E-state index in [9.17, 15) is 4.39 Å². The maximum absolute atomic E-state index is 14.0. The molecule has 0 radical (unpaired) electrons. The van der Waals surface area contributed by atoms with E-state index < -0.39 is 0 Å². The highest BCUT2D eigenvalue weighted by Gasteiger charge is 2.16. The molecule has 1 aromatic heterocycles. The second-order valence-corrected chi connectivity index (χ2v) is 5.47. The van der Waals surface area contributed by atoms with E-state index in [0.717, 1.165) is 5.56 Å². The van der Waals surface area contributed by atoms with Crippen LogP contribution in [0.5, 0.6) is 0 Å². The van der Waals surface area contributed by atoms with Gasteiger partial charge in [0.25, 0.3) is 0 Å². The lowest BCUT2D eigenvalue weighted by Crippen LogP contribution is -2.13. The molecule has 2 nitrogen and oxygen atoms in total. The van der Waals surface area contributed by atoms with Crippen LogP contribution in [0.4, 0.5) is 4.39 Å². The van der Waals surface area contributed by atoms with Gasteiger partial charge in [-0.1, -0.05) is 35.5 Å². The summed E-state index contributed by atoms with van der Waals surface area (Å²) in [5.74, 6) is -0.258. The molecule has 19 heavy (non-hydrogen) atoms. The van der Waals surface area contributed by atoms with Gasteiger partial charge < -0.3 is 5.32 Å². The molecule has 2 rings (SSSR count). The lowest BCUT2D eigenvalue weighted by atomic mass is 10.1. The number of benzene rings is 1. The standard InChI is InChI=1S/C14H14ClFN2S/c1-9(17-2)10-5-3-7-12(16)13(10)19-14-11(15)6-4-8-18-14/h3-9,17H,1-2H3. The molecular weight excluding hydrogens is 283 g/mol. The van der Waals surface area contributed by atoms with Gasteiger partial charge in [0, 0.05) is 12.2 Å². The van der Waals surface area contributed by atoms with Gasteiger partial charge in [0.1, 0.15) is 10.8 Å². The second kappa shape index (κ2) is 6.37. The van der Waals surface area contributed by atoms with E-state index in [0.29, 0.717) is 14.9 Å². The first-order valence-electron chi connectivity index (χ1n) is 5.87. The van der Waals surface area contributed by atoms with Crippen LogP contribution in [0.2, 0.25) is 5.02 Å². The van der Waals surface area contributed by atoms with Crippen molar-refractivity contribution >= 4 is 23.4 Å². The first-order chi connectivity index (χ1) is 9.13. The fourth-order valence-corrected chi connectivity index (χ4v) is 2.91. The predicted molar refractivity (Wildman–Crippen MR) is 77.2 cm³/mol. The van der Waals surface area contributed by atoms with Gasteiger partial charge in [-0.05, 0) is 37.7 Å². The second-order valence-electron chi connectivity index (χ2n) is 4.06. The van der Waals surface area contributed by atoms with E-state index in [1.165, 1.54) is 17.8 Å². The van der Waals surface area contributed by atoms with Crippen LogP contribution in [0.25, 0.3) is 0 Å². The van der Waals surface area contributed by atoms with Crippen LogP contribution >= 0.6 is 23.4 Å². The van der Waals surface area contributed by atoms with Crippen LogP contribution in [0.1, 0.15) is 18.5 Å². The molecule has 0 saturated carbocycles. The Morgan fingerprint density at radius 2 is 2.11 bits per heavy atom. The zero-order valence-electron chi connectivity index (χ0n) is 10.7. The average molecular weight is 297 g/mol. The number of hydrogen-bond acceptors (Lipinski definition) is 3. The van der Waals surface area contributed by atoms with Gasteiger partial charge >= 0.3 is 0 Å². The van der Waals surface area contributed by atoms with E-state index in [1.54, 1.807) is 24.4 Å². The molecule has 0 amide bonds. The van der Waals surface area contributed by atoms with Crippen molar-refractivity contribution in [3.8, 4) is 0 Å². The van der Waals surface area contributed by atoms with Crippen molar-refractivity contribution in [2.75, 3.05) is 7.05 Å². The molecule has 0 bridgehead atoms. The Kier molecular flexibility index (Phi) is 4.80. The molecule has 1 heterocycles. The van der Waals surface area contributed by atoms with Crippen molar-refractivity contribution in [3.05, 3.63) is 52.9 Å². The summed E-state index contributed by atoms with van der Waals surface area (Å²) in [6, 6.07) is 8.63. The Hall–Kier alpha value is -1.10. The number of rotatable bonds is 4. The van der Waals surface area contributed by atoms with Crippen molar-refractivity contribution < 1.29 is 4.39 Å². The summed E-state index contributed by atoms with van der Waals surface area (Å²) in [5.41, 5.74) is 0.897. The van der Waals surface area contributed by atoms with Crippen LogP contribution in [0.15, 0.2) is 46.5 Å². The number of halogens is 2. The number of nitrogens with one attached hydrogen (secondary N) is 1. The minimum Gasteiger partial charge on any atom is -0.313 e. The number of pyridine rings is 1. The summed E-state index contributed by atoms with van der Waals surface area (Å²) < 4.78 is 14.0. The minimum absolute atomic E-state index is 0.0562. The molecule has 0 aliphatic carbocycles. The first kappa shape index (κ1) is 14.3. The van der Waals surface area contributed by atoms with Gasteiger partial charge in [0.05, 0.1) is 9.92 Å². The number of nitrogens with zero attached hydrogens (tertiary/aromatic N) is 1. The summed E-state index contributed by atoms with van der Waals surface area (Å²) in [6.45, 7) is 1.98. The first-order valence-corrected chi connectivity index (χ1v) is 7.07. The van der Waals surface area contributed by atoms with Crippen LogP contribution in [-0.2, 0) is 0 Å². The highest BCUT2D eigenvalue weighted by molar-refractivity contribution is 7.99. The molecule has 0 spiro atoms. The van der Waals surface area contributed by atoms with Crippen molar-refractivity contribution in [1.82, 2.24) is 10.3 Å². The molecular formula is C14H14ClFN2S. The highest BCUT2D eigenvalue weighted by Crippen LogP contribution is 2.37. The smallest absolute Gasteiger partial charge is 0.137 e. The molecule has 1 atom stereocenters. The van der Waals surface area contributed by atoms with Gasteiger partial charge in [0.2, 0.25) is 0 Å². The van der Waals surface area contributed by atoms with E-state index in [2.05, 4.69) is 10.3 Å². The van der Waals surface area contributed by atoms with Crippen LogP contribution in [0.3, 0.4) is 0 Å². The largest absolute Gasteiger partial charge is 0.313 e. The Bertz CT molecular complexity index is 577. The van der Waals surface area contributed by atoms with E-state index in [-0.39, 0.29) is 11.9 Å². The third kappa shape index (κ3) is 3.26. The van der Waals surface area contributed by atoms with E-state index >= 15 is 0 Å². The topological polar surface area (TPSA) is 24.9 Å². The molecule has 1 unspecified atom stereocenters. The van der Waals surface area contributed by atoms with Crippen molar-refractivity contribution in [2.45, 2.75) is 22.9 Å². The maximum atomic E-state index is 14.0. The minimum atomic E-state index is -0.258. The summed E-state index contributed by atoms with van der Waals surface area (Å²) in [6.07, 6.45) is 1.65. The summed E-state index contributed by atoms with van der Waals surface area (Å²) in [4.78, 5) is 4.75. The molecule has 0 aliphatic rings. The van der Waals surface area contributed by atoms with Crippen LogP contribution in [0, 0.1) is 5.82 Å². The molecule has 0 aliphatic heterocycles. The zero-order chi connectivity index (χ0) is 13.8. The Morgan fingerprint density at radius 1 is 1.32 bits per heavy atom. The average Bonchev–Trinajstić information content (AvgIpc) is 2.42. The predicted octanol–water partition coefficient (Wildman–Crippen LogP) is 4.31. The number of aromatic nitrogens is 1. The molecule has 5 heteroatoms. The molecule has 1 N–H and O–H groups in total. The normalized spacial score (nSPS) is 12.4. The maximum Gasteiger partial charge on any atom is 0.137 e. The van der Waals surface area contributed by atoms with Crippen LogP contribution < -0.4 is 5.32 Å². The fraction of sp³-hybridized carbons (Fsp3) is 0.214. The van der Waals surface area contributed by atoms with Crippen LogP contribution in [-0.4, -0.2) is 12.0 Å². The quantitative estimate of drug-likeness (QED) is 0.910. The van der Waals surface area contributed by atoms with E-state index in [4.69, 9.17) is 11.6 Å². The molecule has 100 valence electrons. The Morgan fingerprint density at radius 3 is 2.79 bits per heavy atom. The molecule has 2 aromatic rings. The van der Waals surface area contributed by atoms with Gasteiger partial charge in [0.15, 0.2) is 0 Å². The highest BCUT2D eigenvalue weighted by atomic mass is 35.5. The monoisotopic (exact) mass is 296 g/mol. The lowest BCUT2D eigenvalue weighted by Gasteiger charge is -2.16. The number of hydrogen-bond donors (Lipinski definition) is 1. The SMILES string of the molecule is CNC(C)c1cccc(F)c1Sc1ncccc1Cl. The van der Waals surface area contributed by atoms with Gasteiger partial charge in [-0.3, -0.25) is 0 Å². The zero-order valence-corrected chi connectivity index (χ0v) is 12.2. The van der Waals surface area contributed by atoms with Crippen molar-refractivity contribution in [1.29, 1.82) is 0 Å².